The van der Waals surface area contributed by atoms with Crippen molar-refractivity contribution in [2.75, 3.05) is 13.3 Å². The highest BCUT2D eigenvalue weighted by atomic mass is 31.2. The van der Waals surface area contributed by atoms with Gasteiger partial charge in [0.25, 0.3) is 7.52 Å². The van der Waals surface area contributed by atoms with Crippen molar-refractivity contribution < 1.29 is 18.6 Å². The fourth-order valence-electron chi connectivity index (χ4n) is 5.24. The fourth-order valence-corrected chi connectivity index (χ4v) is 8.14. The van der Waals surface area contributed by atoms with Crippen molar-refractivity contribution in [1.29, 1.82) is 0 Å². The third kappa shape index (κ3) is 1.85. The van der Waals surface area contributed by atoms with Crippen molar-refractivity contribution >= 4 is 13.5 Å². The number of carbonyl (C=O) groups is 1. The van der Waals surface area contributed by atoms with Gasteiger partial charge in [-0.3, -0.25) is 9.36 Å². The smallest absolute Gasteiger partial charge is 0.316 e. The van der Waals surface area contributed by atoms with Crippen LogP contribution in [0.1, 0.15) is 47.5 Å². The van der Waals surface area contributed by atoms with E-state index in [0.29, 0.717) is 5.92 Å². The van der Waals surface area contributed by atoms with Crippen molar-refractivity contribution in [1.82, 2.24) is 4.67 Å². The standard InChI is InChI=1S/C16H28NO4P/c1-10(2)17-13-11-7-8-16(5,15(11,3)4)14(13)21-22(17,19)9-12(18)20-6/h10-11,13-14H,7-9H2,1-6H3/t11-,13-,14-,16+,22-/m1/s1. The van der Waals surface area contributed by atoms with Crippen molar-refractivity contribution in [2.24, 2.45) is 16.7 Å². The van der Waals surface area contributed by atoms with E-state index in [4.69, 9.17) is 9.26 Å². The molecule has 0 aromatic heterocycles. The molecular weight excluding hydrogens is 301 g/mol. The molecule has 0 radical (unpaired) electrons. The Bertz CT molecular complexity index is 546. The van der Waals surface area contributed by atoms with Gasteiger partial charge in [-0.1, -0.05) is 20.8 Å². The highest BCUT2D eigenvalue weighted by Crippen LogP contribution is 2.76. The molecular formula is C16H28NO4P. The number of ether oxygens (including phenoxy) is 1. The van der Waals surface area contributed by atoms with Crippen LogP contribution in [0, 0.1) is 16.7 Å². The second kappa shape index (κ2) is 4.81. The van der Waals surface area contributed by atoms with Crippen molar-refractivity contribution in [2.45, 2.75) is 65.6 Å². The second-order valence-electron chi connectivity index (χ2n) is 8.15. The Morgan fingerprint density at radius 1 is 1.41 bits per heavy atom. The van der Waals surface area contributed by atoms with Crippen LogP contribution in [0.4, 0.5) is 0 Å². The molecule has 0 amide bonds. The zero-order chi connectivity index (χ0) is 16.5. The maximum Gasteiger partial charge on any atom is 0.316 e. The Kier molecular flexibility index (Phi) is 3.60. The fraction of sp³-hybridized carbons (Fsp3) is 0.938. The highest BCUT2D eigenvalue weighted by molar-refractivity contribution is 7.57. The molecule has 6 heteroatoms. The van der Waals surface area contributed by atoms with E-state index >= 15 is 0 Å². The van der Waals surface area contributed by atoms with Gasteiger partial charge in [-0.15, -0.1) is 0 Å². The summed E-state index contributed by atoms with van der Waals surface area (Å²) in [6, 6.07) is 0.244. The van der Waals surface area contributed by atoms with Gasteiger partial charge >= 0.3 is 5.97 Å². The Hall–Kier alpha value is -0.380. The van der Waals surface area contributed by atoms with Crippen LogP contribution in [0.5, 0.6) is 0 Å². The molecule has 3 rings (SSSR count). The molecule has 2 bridgehead atoms. The molecule has 1 aliphatic heterocycles. The van der Waals surface area contributed by atoms with E-state index in [-0.39, 0.29) is 35.2 Å². The Labute approximate surface area is 133 Å². The van der Waals surface area contributed by atoms with Crippen LogP contribution in [0.3, 0.4) is 0 Å². The molecule has 5 atom stereocenters. The monoisotopic (exact) mass is 329 g/mol. The van der Waals surface area contributed by atoms with Gasteiger partial charge in [0.2, 0.25) is 0 Å². The predicted molar refractivity (Wildman–Crippen MR) is 84.7 cm³/mol. The van der Waals surface area contributed by atoms with Crippen LogP contribution in [-0.2, 0) is 18.6 Å². The lowest BCUT2D eigenvalue weighted by Crippen LogP contribution is -2.44. The quantitative estimate of drug-likeness (QED) is 0.587. The van der Waals surface area contributed by atoms with E-state index in [1.165, 1.54) is 7.11 Å². The largest absolute Gasteiger partial charge is 0.469 e. The summed E-state index contributed by atoms with van der Waals surface area (Å²) in [6.07, 6.45) is 2.07. The first kappa shape index (κ1) is 16.5. The third-order valence-corrected chi connectivity index (χ3v) is 9.39. The minimum atomic E-state index is -3.16. The maximum atomic E-state index is 13.4. The number of esters is 1. The van der Waals surface area contributed by atoms with Gasteiger partial charge in [-0.2, -0.15) is 0 Å². The van der Waals surface area contributed by atoms with Gasteiger partial charge < -0.3 is 9.26 Å². The summed E-state index contributed by atoms with van der Waals surface area (Å²) in [4.78, 5) is 11.7. The summed E-state index contributed by atoms with van der Waals surface area (Å²) in [5.74, 6) is 0.0177. The van der Waals surface area contributed by atoms with Gasteiger partial charge in [0, 0.05) is 17.5 Å². The molecule has 1 saturated heterocycles. The van der Waals surface area contributed by atoms with Gasteiger partial charge in [-0.05, 0) is 38.0 Å². The molecule has 1 heterocycles. The number of carbonyl (C=O) groups excluding carboxylic acids is 1. The van der Waals surface area contributed by atoms with Crippen molar-refractivity contribution in [3.63, 3.8) is 0 Å². The lowest BCUT2D eigenvalue weighted by atomic mass is 9.70. The van der Waals surface area contributed by atoms with E-state index in [2.05, 4.69) is 20.8 Å². The molecule has 2 saturated carbocycles. The normalized spacial score (nSPS) is 46.2. The molecule has 0 aromatic carbocycles. The summed E-state index contributed by atoms with van der Waals surface area (Å²) < 4.78 is 26.4. The van der Waals surface area contributed by atoms with Crippen LogP contribution in [-0.4, -0.2) is 42.1 Å². The number of hydrogen-bond donors (Lipinski definition) is 0. The summed E-state index contributed by atoms with van der Waals surface area (Å²) in [7, 11) is -1.83. The van der Waals surface area contributed by atoms with Crippen LogP contribution < -0.4 is 0 Å². The van der Waals surface area contributed by atoms with Crippen LogP contribution >= 0.6 is 7.52 Å². The molecule has 0 aromatic rings. The zero-order valence-corrected chi connectivity index (χ0v) is 15.4. The van der Waals surface area contributed by atoms with Gasteiger partial charge in [-0.25, -0.2) is 4.67 Å². The second-order valence-corrected chi connectivity index (χ2v) is 10.4. The van der Waals surface area contributed by atoms with Crippen LogP contribution in [0.15, 0.2) is 0 Å². The Morgan fingerprint density at radius 2 is 2.05 bits per heavy atom. The lowest BCUT2D eigenvalue weighted by Gasteiger charge is -2.38. The molecule has 5 nitrogen and oxygen atoms in total. The molecule has 2 aliphatic carbocycles. The predicted octanol–water partition coefficient (Wildman–Crippen LogP) is 3.29. The minimum absolute atomic E-state index is 0.0255. The first-order chi connectivity index (χ1) is 10.1. The third-order valence-electron chi connectivity index (χ3n) is 6.75. The summed E-state index contributed by atoms with van der Waals surface area (Å²) in [6.45, 7) is 11.0. The number of fused-ring (bicyclic) bond motifs is 5. The van der Waals surface area contributed by atoms with E-state index in [1.807, 2.05) is 18.5 Å². The summed E-state index contributed by atoms with van der Waals surface area (Å²) >= 11 is 0. The van der Waals surface area contributed by atoms with Crippen molar-refractivity contribution in [3.05, 3.63) is 0 Å². The highest BCUT2D eigenvalue weighted by Gasteiger charge is 2.73. The van der Waals surface area contributed by atoms with E-state index in [9.17, 15) is 9.36 Å². The summed E-state index contributed by atoms with van der Waals surface area (Å²) in [5, 5.41) is 0. The SMILES string of the molecule is COC(=O)C[P@@]1(=O)O[C@@H]2[C@@H]([C@H]3CC[C@]2(C)C3(C)C)N1C(C)C. The first-order valence-electron chi connectivity index (χ1n) is 8.21. The van der Waals surface area contributed by atoms with Gasteiger partial charge in [0.1, 0.15) is 6.16 Å². The first-order valence-corrected chi connectivity index (χ1v) is 9.98. The van der Waals surface area contributed by atoms with Crippen LogP contribution in [0.2, 0.25) is 0 Å². The van der Waals surface area contributed by atoms with E-state index in [0.717, 1.165) is 12.8 Å². The molecule has 126 valence electrons. The lowest BCUT2D eigenvalue weighted by molar-refractivity contribution is -0.137. The van der Waals surface area contributed by atoms with Gasteiger partial charge in [0.15, 0.2) is 0 Å². The molecule has 0 unspecified atom stereocenters. The van der Waals surface area contributed by atoms with Crippen LogP contribution in [0.25, 0.3) is 0 Å². The average molecular weight is 329 g/mol. The average Bonchev–Trinajstić information content (AvgIpc) is 2.88. The Morgan fingerprint density at radius 3 is 2.59 bits per heavy atom. The van der Waals surface area contributed by atoms with E-state index < -0.39 is 13.5 Å². The maximum absolute atomic E-state index is 13.4. The summed E-state index contributed by atoms with van der Waals surface area (Å²) in [5.41, 5.74) is 0.198. The molecule has 0 spiro atoms. The van der Waals surface area contributed by atoms with Gasteiger partial charge in [0.05, 0.1) is 13.2 Å². The van der Waals surface area contributed by atoms with Crippen molar-refractivity contribution in [3.8, 4) is 0 Å². The molecule has 0 N–H and O–H groups in total. The molecule has 22 heavy (non-hydrogen) atoms. The van der Waals surface area contributed by atoms with E-state index in [1.54, 1.807) is 0 Å². The molecule has 3 fully saturated rings. The zero-order valence-electron chi connectivity index (χ0n) is 14.5. The Balaban J connectivity index is 2.01. The number of hydrogen-bond acceptors (Lipinski definition) is 4. The topological polar surface area (TPSA) is 55.8 Å². The molecule has 3 aliphatic rings. The number of nitrogens with zero attached hydrogens (tertiary/aromatic N) is 1. The number of rotatable bonds is 3. The minimum Gasteiger partial charge on any atom is -0.469 e. The number of methoxy groups -OCH3 is 1.